The van der Waals surface area contributed by atoms with Crippen LogP contribution in [-0.2, 0) is 19.1 Å². The Bertz CT molecular complexity index is 1730. The molecule has 0 unspecified atom stereocenters. The Morgan fingerprint density at radius 3 is 2.71 bits per heavy atom. The molecule has 3 aromatic heterocycles. The molecule has 3 aromatic rings. The average Bonchev–Trinajstić information content (AvgIpc) is 3.35. The van der Waals surface area contributed by atoms with Crippen LogP contribution in [0.2, 0.25) is 0 Å². The van der Waals surface area contributed by atoms with Crippen LogP contribution in [0.5, 0.6) is 5.88 Å². The van der Waals surface area contributed by atoms with Gasteiger partial charge in [-0.2, -0.15) is 4.98 Å². The summed E-state index contributed by atoms with van der Waals surface area (Å²) in [6, 6.07) is 5.35. The number of hydrogen-bond donors (Lipinski definition) is 3. The van der Waals surface area contributed by atoms with Gasteiger partial charge in [0.1, 0.15) is 40.2 Å². The lowest BCUT2D eigenvalue weighted by molar-refractivity contribution is -0.145. The van der Waals surface area contributed by atoms with Gasteiger partial charge in [0.2, 0.25) is 17.7 Å². The molecule has 0 spiro atoms. The normalized spacial score (nSPS) is 27.9. The van der Waals surface area contributed by atoms with Crippen molar-refractivity contribution in [1.29, 1.82) is 0 Å². The number of ether oxygens (including phenoxy) is 2. The fourth-order valence-corrected chi connectivity index (χ4v) is 7.41. The number of alkyl carbamates (subject to hydrolysis) is 1. The zero-order valence-electron chi connectivity index (χ0n) is 26.4. The highest BCUT2D eigenvalue weighted by Crippen LogP contribution is 2.45. The number of allylic oxidation sites excluding steroid dienone is 1. The number of rotatable bonds is 6. The summed E-state index contributed by atoms with van der Waals surface area (Å²) >= 11 is 1.41. The Morgan fingerprint density at radius 1 is 1.06 bits per heavy atom. The SMILES string of the molecule is O=C(N[C@H]1CCCCCC=C[C@@H]2C[C@@]2(C(=O)O)NC(=O)[C@@H]2C[C@@H](Oc3nc(-c4ccccn4)nc4ccsc34)CN2C1=O)OC1CCC1. The number of carbonyl (C=O) groups excluding carboxylic acids is 3. The van der Waals surface area contributed by atoms with Gasteiger partial charge in [0.05, 0.1) is 12.1 Å². The van der Waals surface area contributed by atoms with Crippen LogP contribution in [0.1, 0.15) is 64.2 Å². The minimum Gasteiger partial charge on any atom is -0.479 e. The largest absolute Gasteiger partial charge is 0.479 e. The second kappa shape index (κ2) is 13.5. The van der Waals surface area contributed by atoms with Crippen LogP contribution in [0.25, 0.3) is 21.7 Å². The van der Waals surface area contributed by atoms with Crippen LogP contribution >= 0.6 is 11.3 Å². The predicted octanol–water partition coefficient (Wildman–Crippen LogP) is 4.23. The zero-order chi connectivity index (χ0) is 33.3. The maximum Gasteiger partial charge on any atom is 0.408 e. The van der Waals surface area contributed by atoms with E-state index in [4.69, 9.17) is 9.47 Å². The van der Waals surface area contributed by atoms with Crippen molar-refractivity contribution < 1.29 is 33.8 Å². The fourth-order valence-electron chi connectivity index (χ4n) is 6.65. The summed E-state index contributed by atoms with van der Waals surface area (Å²) in [5.41, 5.74) is -0.185. The van der Waals surface area contributed by atoms with Crippen molar-refractivity contribution in [2.45, 2.75) is 94.0 Å². The molecule has 252 valence electrons. The third-order valence-corrected chi connectivity index (χ3v) is 10.6. The third kappa shape index (κ3) is 6.58. The molecule has 2 aliphatic carbocycles. The zero-order valence-corrected chi connectivity index (χ0v) is 27.2. The first-order chi connectivity index (χ1) is 23.3. The number of thiophene rings is 1. The first-order valence-corrected chi connectivity index (χ1v) is 17.5. The standard InChI is InChI=1S/C34H38N6O7S/c41-29-26-17-22(46-30-27-23(14-16-48-27)36-28(38-30)24-12-6-7-15-35-24)19-40(26)31(42)25(37-33(45)47-21-10-8-11-21)13-5-3-1-2-4-9-20-18-34(20,39-29)32(43)44/h4,6-7,9,12,14-16,20-22,25-26H,1-3,5,8,10-11,13,17-19H2,(H,37,45)(H,39,41)(H,43,44)/t20-,22-,25+,26+,34-/m1/s1. The molecule has 4 aliphatic rings. The van der Waals surface area contributed by atoms with E-state index in [-0.39, 0.29) is 31.4 Å². The van der Waals surface area contributed by atoms with Gasteiger partial charge in [-0.25, -0.2) is 14.6 Å². The van der Waals surface area contributed by atoms with E-state index in [1.807, 2.05) is 29.7 Å². The van der Waals surface area contributed by atoms with Crippen LogP contribution in [0.3, 0.4) is 0 Å². The number of aliphatic carboxylic acids is 1. The van der Waals surface area contributed by atoms with Gasteiger partial charge in [0.25, 0.3) is 0 Å². The van der Waals surface area contributed by atoms with E-state index in [0.717, 1.165) is 38.5 Å². The summed E-state index contributed by atoms with van der Waals surface area (Å²) in [6.07, 6.45) is 10.5. The van der Waals surface area contributed by atoms with Gasteiger partial charge in [-0.1, -0.05) is 31.1 Å². The molecule has 13 nitrogen and oxygen atoms in total. The molecular formula is C34H38N6O7S. The summed E-state index contributed by atoms with van der Waals surface area (Å²) in [7, 11) is 0. The van der Waals surface area contributed by atoms with E-state index in [2.05, 4.69) is 25.6 Å². The second-order valence-corrected chi connectivity index (χ2v) is 13.9. The Hall–Kier alpha value is -4.59. The number of pyridine rings is 1. The molecule has 2 aliphatic heterocycles. The molecule has 7 rings (SSSR count). The fraction of sp³-hybridized carbons (Fsp3) is 0.500. The number of carbonyl (C=O) groups is 4. The maximum atomic E-state index is 14.3. The molecule has 5 heterocycles. The van der Waals surface area contributed by atoms with E-state index in [1.54, 1.807) is 18.3 Å². The lowest BCUT2D eigenvalue weighted by Gasteiger charge is -2.30. The van der Waals surface area contributed by atoms with Gasteiger partial charge in [0.15, 0.2) is 5.82 Å². The summed E-state index contributed by atoms with van der Waals surface area (Å²) in [5.74, 6) is -1.77. The summed E-state index contributed by atoms with van der Waals surface area (Å²) in [4.78, 5) is 68.7. The molecule has 2 saturated carbocycles. The maximum absolute atomic E-state index is 14.3. The highest BCUT2D eigenvalue weighted by atomic mass is 32.1. The van der Waals surface area contributed by atoms with Crippen molar-refractivity contribution >= 4 is 45.4 Å². The minimum absolute atomic E-state index is 0.0337. The van der Waals surface area contributed by atoms with Crippen LogP contribution in [-0.4, -0.2) is 85.2 Å². The topological polar surface area (TPSA) is 173 Å². The summed E-state index contributed by atoms with van der Waals surface area (Å²) < 4.78 is 12.7. The first-order valence-electron chi connectivity index (χ1n) is 16.6. The van der Waals surface area contributed by atoms with Gasteiger partial charge < -0.3 is 30.1 Å². The molecule has 0 radical (unpaired) electrons. The number of aromatic nitrogens is 3. The van der Waals surface area contributed by atoms with Crippen molar-refractivity contribution in [2.75, 3.05) is 6.54 Å². The Morgan fingerprint density at radius 2 is 1.94 bits per heavy atom. The van der Waals surface area contributed by atoms with Crippen LogP contribution in [0.4, 0.5) is 4.79 Å². The number of fused-ring (bicyclic) bond motifs is 3. The van der Waals surface area contributed by atoms with E-state index in [9.17, 15) is 24.3 Å². The highest BCUT2D eigenvalue weighted by Gasteiger charge is 2.61. The van der Waals surface area contributed by atoms with Crippen LogP contribution < -0.4 is 15.4 Å². The number of nitrogens with zero attached hydrogens (tertiary/aromatic N) is 4. The number of carboxylic acids is 1. The molecule has 3 N–H and O–H groups in total. The Labute approximate surface area is 281 Å². The molecule has 0 bridgehead atoms. The second-order valence-electron chi connectivity index (χ2n) is 13.0. The Balaban J connectivity index is 1.18. The van der Waals surface area contributed by atoms with Gasteiger partial charge in [-0.3, -0.25) is 14.6 Å². The van der Waals surface area contributed by atoms with Crippen molar-refractivity contribution in [3.05, 3.63) is 48.0 Å². The Kier molecular flexibility index (Phi) is 8.99. The van der Waals surface area contributed by atoms with Gasteiger partial charge >= 0.3 is 12.1 Å². The molecule has 5 atom stereocenters. The van der Waals surface area contributed by atoms with Gasteiger partial charge in [0, 0.05) is 18.5 Å². The van der Waals surface area contributed by atoms with E-state index >= 15 is 0 Å². The van der Waals surface area contributed by atoms with Crippen molar-refractivity contribution in [3.8, 4) is 17.4 Å². The lowest BCUT2D eigenvalue weighted by atomic mass is 9.96. The lowest BCUT2D eigenvalue weighted by Crippen LogP contribution is -2.56. The quantitative estimate of drug-likeness (QED) is 0.321. The first kappa shape index (κ1) is 32.0. The highest BCUT2D eigenvalue weighted by molar-refractivity contribution is 7.17. The van der Waals surface area contributed by atoms with E-state index < -0.39 is 47.6 Å². The molecule has 0 aromatic carbocycles. The monoisotopic (exact) mass is 674 g/mol. The molecule has 1 saturated heterocycles. The third-order valence-electron chi connectivity index (χ3n) is 9.68. The smallest absolute Gasteiger partial charge is 0.408 e. The molecule has 48 heavy (non-hydrogen) atoms. The van der Waals surface area contributed by atoms with Gasteiger partial charge in [-0.15, -0.1) is 11.3 Å². The van der Waals surface area contributed by atoms with E-state index in [0.29, 0.717) is 40.5 Å². The average molecular weight is 675 g/mol. The van der Waals surface area contributed by atoms with Crippen LogP contribution in [0.15, 0.2) is 48.0 Å². The van der Waals surface area contributed by atoms with Crippen LogP contribution in [0, 0.1) is 5.92 Å². The van der Waals surface area contributed by atoms with E-state index in [1.165, 1.54) is 16.2 Å². The van der Waals surface area contributed by atoms with Gasteiger partial charge in [-0.05, 0) is 68.5 Å². The molecule has 3 amide bonds. The molecule has 14 heteroatoms. The van der Waals surface area contributed by atoms with Crippen molar-refractivity contribution in [1.82, 2.24) is 30.5 Å². The van der Waals surface area contributed by atoms with Crippen molar-refractivity contribution in [3.63, 3.8) is 0 Å². The minimum atomic E-state index is -1.43. The number of amides is 3. The number of carboxylic acid groups (broad SMARTS) is 1. The summed E-state index contributed by atoms with van der Waals surface area (Å²) in [6.45, 7) is 0.0337. The summed E-state index contributed by atoms with van der Waals surface area (Å²) in [5, 5.41) is 17.6. The number of nitrogens with one attached hydrogen (secondary N) is 2. The molecular weight excluding hydrogens is 636 g/mol. The predicted molar refractivity (Wildman–Crippen MR) is 175 cm³/mol. The molecule has 3 fully saturated rings. The van der Waals surface area contributed by atoms with Crippen molar-refractivity contribution in [2.24, 2.45) is 5.92 Å². The number of hydrogen-bond acceptors (Lipinski definition) is 10.